The number of nitrogens with zero attached hydrogens (tertiary/aromatic N) is 2. The first-order chi connectivity index (χ1) is 19.7. The summed E-state index contributed by atoms with van der Waals surface area (Å²) in [6.07, 6.45) is 11.0. The first kappa shape index (κ1) is 33.3. The van der Waals surface area contributed by atoms with Gasteiger partial charge in [0.25, 0.3) is 0 Å². The van der Waals surface area contributed by atoms with Crippen LogP contribution in [0.25, 0.3) is 0 Å². The minimum Gasteiger partial charge on any atom is -0.381 e. The first-order valence-electron chi connectivity index (χ1n) is 15.6. The van der Waals surface area contributed by atoms with E-state index in [1.54, 1.807) is 19.1 Å². The Morgan fingerprint density at radius 3 is 2.41 bits per heavy atom. The van der Waals surface area contributed by atoms with E-state index >= 15 is 0 Å². The Bertz CT molecular complexity index is 930. The number of likely N-dealkylation sites (tertiary alicyclic amines) is 1. The summed E-state index contributed by atoms with van der Waals surface area (Å²) in [6.45, 7) is 11.0. The molecule has 5 unspecified atom stereocenters. The van der Waals surface area contributed by atoms with Crippen molar-refractivity contribution in [3.8, 4) is 0 Å². The van der Waals surface area contributed by atoms with Gasteiger partial charge in [0.2, 0.25) is 17.7 Å². The van der Waals surface area contributed by atoms with Gasteiger partial charge in [0.1, 0.15) is 6.04 Å². The molecule has 0 bridgehead atoms. The van der Waals surface area contributed by atoms with E-state index in [0.29, 0.717) is 51.6 Å². The fourth-order valence-corrected chi connectivity index (χ4v) is 6.36. The van der Waals surface area contributed by atoms with E-state index < -0.39 is 18.1 Å². The van der Waals surface area contributed by atoms with Crippen LogP contribution in [0.4, 0.5) is 0 Å². The van der Waals surface area contributed by atoms with Gasteiger partial charge in [-0.25, -0.2) is 0 Å². The van der Waals surface area contributed by atoms with Gasteiger partial charge >= 0.3 is 0 Å². The quantitative estimate of drug-likeness (QED) is 0.339. The van der Waals surface area contributed by atoms with Crippen LogP contribution in [0.1, 0.15) is 72.6 Å². The maximum atomic E-state index is 13.7. The monoisotopic (exact) mass is 575 g/mol. The number of morpholine rings is 1. The van der Waals surface area contributed by atoms with Gasteiger partial charge in [-0.1, -0.05) is 52.3 Å². The van der Waals surface area contributed by atoms with Gasteiger partial charge < -0.3 is 29.3 Å². The predicted octanol–water partition coefficient (Wildman–Crippen LogP) is 3.73. The molecule has 9 heteroatoms. The zero-order valence-corrected chi connectivity index (χ0v) is 26.1. The molecule has 232 valence electrons. The molecule has 0 aromatic carbocycles. The second kappa shape index (κ2) is 16.4. The fraction of sp³-hybridized carbons (Fsp3) is 0.781. The Morgan fingerprint density at radius 1 is 1.07 bits per heavy atom. The van der Waals surface area contributed by atoms with Crippen LogP contribution in [0.2, 0.25) is 0 Å². The molecule has 1 aliphatic carbocycles. The van der Waals surface area contributed by atoms with Gasteiger partial charge in [-0.05, 0) is 43.1 Å². The highest BCUT2D eigenvalue weighted by molar-refractivity contribution is 5.89. The highest BCUT2D eigenvalue weighted by Gasteiger charge is 2.41. The molecule has 0 saturated carbocycles. The van der Waals surface area contributed by atoms with Gasteiger partial charge in [-0.2, -0.15) is 0 Å². The standard InChI is InChI=1S/C32H53N3O6/c1-7-22(2)23(3)28(39-5)21-29(36)35-15-11-14-27(35)30(40-6)24(4)31(37)33-26(20-25-12-9-8-10-13-25)32(38)34-16-18-41-19-17-34/h9,12-13,22-24,26-28,30H,7-8,10-11,14-21H2,1-6H3,(H,33,37)/t22?,23-,24?,26-,27?,28?,30?/m0/s1. The Balaban J connectivity index is 1.70. The molecule has 2 fully saturated rings. The molecule has 7 atom stereocenters. The molecule has 3 aliphatic rings. The van der Waals surface area contributed by atoms with Crippen molar-refractivity contribution in [3.05, 3.63) is 23.8 Å². The second-order valence-corrected chi connectivity index (χ2v) is 12.0. The van der Waals surface area contributed by atoms with Crippen LogP contribution in [0.5, 0.6) is 0 Å². The highest BCUT2D eigenvalue weighted by atomic mass is 16.5. The summed E-state index contributed by atoms with van der Waals surface area (Å²) >= 11 is 0. The zero-order valence-electron chi connectivity index (χ0n) is 26.1. The van der Waals surface area contributed by atoms with Crippen molar-refractivity contribution in [3.63, 3.8) is 0 Å². The number of allylic oxidation sites excluding steroid dienone is 3. The van der Waals surface area contributed by atoms with Crippen molar-refractivity contribution in [2.24, 2.45) is 17.8 Å². The topological polar surface area (TPSA) is 97.4 Å². The van der Waals surface area contributed by atoms with E-state index in [1.807, 2.05) is 17.9 Å². The number of carbonyl (C=O) groups excluding carboxylic acids is 3. The maximum Gasteiger partial charge on any atom is 0.245 e. The summed E-state index contributed by atoms with van der Waals surface area (Å²) in [4.78, 5) is 44.4. The Kier molecular flexibility index (Phi) is 13.3. The number of ether oxygens (including phenoxy) is 3. The zero-order chi connectivity index (χ0) is 29.9. The van der Waals surface area contributed by atoms with Crippen LogP contribution in [0.3, 0.4) is 0 Å². The van der Waals surface area contributed by atoms with Crippen LogP contribution in [0, 0.1) is 17.8 Å². The van der Waals surface area contributed by atoms with Gasteiger partial charge in [-0.3, -0.25) is 14.4 Å². The van der Waals surface area contributed by atoms with Crippen molar-refractivity contribution in [2.75, 3.05) is 47.1 Å². The van der Waals surface area contributed by atoms with Crippen molar-refractivity contribution < 1.29 is 28.6 Å². The van der Waals surface area contributed by atoms with Crippen molar-refractivity contribution in [2.45, 2.75) is 96.9 Å². The number of hydrogen-bond acceptors (Lipinski definition) is 6. The minimum atomic E-state index is -0.666. The highest BCUT2D eigenvalue weighted by Crippen LogP contribution is 2.29. The maximum absolute atomic E-state index is 13.7. The van der Waals surface area contributed by atoms with Gasteiger partial charge in [-0.15, -0.1) is 0 Å². The molecule has 9 nitrogen and oxygen atoms in total. The summed E-state index contributed by atoms with van der Waals surface area (Å²) in [6, 6.07) is -0.873. The van der Waals surface area contributed by atoms with Crippen LogP contribution in [-0.2, 0) is 28.6 Å². The Labute approximate surface area is 247 Å². The molecule has 2 aliphatic heterocycles. The summed E-state index contributed by atoms with van der Waals surface area (Å²) in [5, 5.41) is 3.07. The van der Waals surface area contributed by atoms with E-state index in [-0.39, 0.29) is 35.8 Å². The molecular weight excluding hydrogens is 522 g/mol. The van der Waals surface area contributed by atoms with E-state index in [9.17, 15) is 14.4 Å². The molecule has 3 rings (SSSR count). The third-order valence-corrected chi connectivity index (χ3v) is 9.43. The Morgan fingerprint density at radius 2 is 1.80 bits per heavy atom. The first-order valence-corrected chi connectivity index (χ1v) is 15.6. The molecular formula is C32H53N3O6. The SMILES string of the molecule is CCC(C)[C@H](C)C(CC(=O)N1CCCC1C(OC)C(C)C(=O)N[C@@H](CC1=CCCC=C1)C(=O)N1CCOCC1)OC. The van der Waals surface area contributed by atoms with Gasteiger partial charge in [0, 0.05) is 40.3 Å². The van der Waals surface area contributed by atoms with Crippen LogP contribution < -0.4 is 5.32 Å². The summed E-state index contributed by atoms with van der Waals surface area (Å²) < 4.78 is 17.1. The lowest BCUT2D eigenvalue weighted by molar-refractivity contribution is -0.144. The van der Waals surface area contributed by atoms with Crippen molar-refractivity contribution >= 4 is 17.7 Å². The molecule has 2 heterocycles. The van der Waals surface area contributed by atoms with E-state index in [0.717, 1.165) is 37.7 Å². The minimum absolute atomic E-state index is 0.0422. The lowest BCUT2D eigenvalue weighted by Crippen LogP contribution is -2.55. The molecule has 1 N–H and O–H groups in total. The normalized spacial score (nSPS) is 23.8. The summed E-state index contributed by atoms with van der Waals surface area (Å²) in [5.74, 6) is -0.115. The summed E-state index contributed by atoms with van der Waals surface area (Å²) in [5.41, 5.74) is 1.06. The molecule has 0 radical (unpaired) electrons. The molecule has 0 aromatic heterocycles. The van der Waals surface area contributed by atoms with Crippen molar-refractivity contribution in [1.82, 2.24) is 15.1 Å². The number of amides is 3. The van der Waals surface area contributed by atoms with Gasteiger partial charge in [0.15, 0.2) is 0 Å². The van der Waals surface area contributed by atoms with Crippen LogP contribution in [0.15, 0.2) is 23.8 Å². The molecule has 3 amide bonds. The van der Waals surface area contributed by atoms with Crippen molar-refractivity contribution in [1.29, 1.82) is 0 Å². The largest absolute Gasteiger partial charge is 0.381 e. The van der Waals surface area contributed by atoms with E-state index in [4.69, 9.17) is 14.2 Å². The molecule has 41 heavy (non-hydrogen) atoms. The lowest BCUT2D eigenvalue weighted by atomic mass is 9.87. The van der Waals surface area contributed by atoms with Crippen LogP contribution >= 0.6 is 0 Å². The number of nitrogens with one attached hydrogen (secondary N) is 1. The average Bonchev–Trinajstić information content (AvgIpc) is 3.49. The number of carbonyl (C=O) groups is 3. The fourth-order valence-electron chi connectivity index (χ4n) is 6.36. The predicted molar refractivity (Wildman–Crippen MR) is 159 cm³/mol. The number of rotatable bonds is 14. The van der Waals surface area contributed by atoms with E-state index in [2.05, 4.69) is 38.2 Å². The van der Waals surface area contributed by atoms with E-state index in [1.165, 1.54) is 0 Å². The third-order valence-electron chi connectivity index (χ3n) is 9.43. The average molecular weight is 576 g/mol. The number of methoxy groups -OCH3 is 2. The number of hydrogen-bond donors (Lipinski definition) is 1. The van der Waals surface area contributed by atoms with Gasteiger partial charge in [0.05, 0.1) is 43.8 Å². The molecule has 0 aromatic rings. The molecule has 2 saturated heterocycles. The lowest BCUT2D eigenvalue weighted by Gasteiger charge is -2.36. The summed E-state index contributed by atoms with van der Waals surface area (Å²) in [7, 11) is 3.28. The smallest absolute Gasteiger partial charge is 0.245 e. The third kappa shape index (κ3) is 8.88. The molecule has 0 spiro atoms. The van der Waals surface area contributed by atoms with Crippen LogP contribution in [-0.4, -0.2) is 98.9 Å². The second-order valence-electron chi connectivity index (χ2n) is 12.0. The Hall–Kier alpha value is -2.23.